The van der Waals surface area contributed by atoms with Gasteiger partial charge in [0.15, 0.2) is 5.41 Å². The van der Waals surface area contributed by atoms with Gasteiger partial charge in [0.25, 0.3) is 0 Å². The minimum absolute atomic E-state index is 0.0805. The highest BCUT2D eigenvalue weighted by molar-refractivity contribution is 9.09. The standard InChI is InChI=1S/C17H12BrCl3O4/c1-17(16(23)24,12-7-4-10(20)8-13(12)21)14(22)15(18)25-11-5-2-9(19)3-6-11/h2-8,15H,1H3,(H,23,24). The summed E-state index contributed by atoms with van der Waals surface area (Å²) in [6, 6.07) is 10.6. The SMILES string of the molecule is CC(C(=O)O)(C(=O)C(Br)Oc1ccc(Cl)cc1)c1ccc(Cl)cc1Cl. The number of Topliss-reactive ketones (excluding diaryl/α,β-unsaturated/α-hetero) is 1. The first-order chi connectivity index (χ1) is 11.7. The summed E-state index contributed by atoms with van der Waals surface area (Å²) in [5.74, 6) is -1.72. The van der Waals surface area contributed by atoms with E-state index in [1.807, 2.05) is 0 Å². The number of alkyl halides is 1. The normalized spacial score (nSPS) is 14.4. The molecule has 132 valence electrons. The molecule has 0 aliphatic carbocycles. The van der Waals surface area contributed by atoms with Crippen LogP contribution < -0.4 is 4.74 Å². The van der Waals surface area contributed by atoms with E-state index in [1.165, 1.54) is 25.1 Å². The van der Waals surface area contributed by atoms with Gasteiger partial charge in [-0.1, -0.05) is 40.9 Å². The third kappa shape index (κ3) is 4.29. The second-order valence-corrected chi connectivity index (χ2v) is 7.42. The largest absolute Gasteiger partial charge is 0.480 e. The van der Waals surface area contributed by atoms with Crippen LogP contribution in [0.1, 0.15) is 12.5 Å². The number of rotatable bonds is 6. The van der Waals surface area contributed by atoms with Gasteiger partial charge >= 0.3 is 5.97 Å². The van der Waals surface area contributed by atoms with Gasteiger partial charge in [0, 0.05) is 15.1 Å². The molecule has 0 heterocycles. The number of hydrogen-bond donors (Lipinski definition) is 1. The summed E-state index contributed by atoms with van der Waals surface area (Å²) in [6.45, 7) is 1.27. The Kier molecular flexibility index (Phi) is 6.38. The number of ether oxygens (including phenoxy) is 1. The van der Waals surface area contributed by atoms with Crippen LogP contribution in [0.15, 0.2) is 42.5 Å². The Morgan fingerprint density at radius 1 is 1.08 bits per heavy atom. The van der Waals surface area contributed by atoms with Crippen LogP contribution >= 0.6 is 50.7 Å². The average molecular weight is 467 g/mol. The second kappa shape index (κ2) is 7.96. The maximum Gasteiger partial charge on any atom is 0.321 e. The van der Waals surface area contributed by atoms with Gasteiger partial charge < -0.3 is 9.84 Å². The molecule has 0 aliphatic rings. The topological polar surface area (TPSA) is 63.6 Å². The van der Waals surface area contributed by atoms with E-state index in [-0.39, 0.29) is 10.6 Å². The number of halogens is 4. The van der Waals surface area contributed by atoms with Crippen molar-refractivity contribution in [2.45, 2.75) is 17.4 Å². The second-order valence-electron chi connectivity index (χ2n) is 5.31. The number of carboxylic acids is 1. The third-order valence-electron chi connectivity index (χ3n) is 3.65. The smallest absolute Gasteiger partial charge is 0.321 e. The molecular weight excluding hydrogens is 454 g/mol. The lowest BCUT2D eigenvalue weighted by atomic mass is 9.78. The van der Waals surface area contributed by atoms with E-state index in [2.05, 4.69) is 15.9 Å². The Balaban J connectivity index is 2.36. The van der Waals surface area contributed by atoms with Gasteiger partial charge in [0.2, 0.25) is 10.8 Å². The van der Waals surface area contributed by atoms with Crippen LogP contribution in [0, 0.1) is 0 Å². The number of carbonyl (C=O) groups is 2. The van der Waals surface area contributed by atoms with Gasteiger partial charge in [-0.3, -0.25) is 9.59 Å². The number of ketones is 1. The molecule has 0 aliphatic heterocycles. The van der Waals surface area contributed by atoms with Gasteiger partial charge in [-0.15, -0.1) is 0 Å². The van der Waals surface area contributed by atoms with Crippen molar-refractivity contribution in [3.63, 3.8) is 0 Å². The summed E-state index contributed by atoms with van der Waals surface area (Å²) in [7, 11) is 0. The Hall–Kier alpha value is -1.27. The van der Waals surface area contributed by atoms with E-state index in [9.17, 15) is 14.7 Å². The van der Waals surface area contributed by atoms with Crippen LogP contribution in [-0.2, 0) is 15.0 Å². The number of hydrogen-bond acceptors (Lipinski definition) is 3. The van der Waals surface area contributed by atoms with Gasteiger partial charge in [-0.2, -0.15) is 0 Å². The minimum Gasteiger partial charge on any atom is -0.480 e. The summed E-state index contributed by atoms with van der Waals surface area (Å²) in [6.07, 6.45) is 0. The predicted molar refractivity (Wildman–Crippen MR) is 101 cm³/mol. The molecule has 2 unspecified atom stereocenters. The molecule has 4 nitrogen and oxygen atoms in total. The zero-order valence-corrected chi connectivity index (χ0v) is 16.7. The van der Waals surface area contributed by atoms with Crippen LogP contribution in [0.25, 0.3) is 0 Å². The van der Waals surface area contributed by atoms with Crippen molar-refractivity contribution in [2.75, 3.05) is 0 Å². The van der Waals surface area contributed by atoms with E-state index in [0.717, 1.165) is 0 Å². The predicted octanol–water partition coefficient (Wildman–Crippen LogP) is 5.36. The van der Waals surface area contributed by atoms with E-state index in [0.29, 0.717) is 15.8 Å². The highest BCUT2D eigenvalue weighted by atomic mass is 79.9. The summed E-state index contributed by atoms with van der Waals surface area (Å²) < 4.78 is 5.49. The molecule has 0 bridgehead atoms. The molecule has 2 aromatic rings. The van der Waals surface area contributed by atoms with Crippen molar-refractivity contribution in [3.8, 4) is 5.75 Å². The number of carboxylic acid groups (broad SMARTS) is 1. The lowest BCUT2D eigenvalue weighted by Crippen LogP contribution is -2.46. The summed E-state index contributed by atoms with van der Waals surface area (Å²) in [5.41, 5.74) is -1.80. The van der Waals surface area contributed by atoms with Crippen molar-refractivity contribution in [1.82, 2.24) is 0 Å². The van der Waals surface area contributed by atoms with Crippen molar-refractivity contribution in [1.29, 1.82) is 0 Å². The van der Waals surface area contributed by atoms with E-state index in [1.54, 1.807) is 24.3 Å². The molecule has 8 heteroatoms. The summed E-state index contributed by atoms with van der Waals surface area (Å²) in [5, 5.41) is 9.41. The van der Waals surface area contributed by atoms with Crippen LogP contribution in [0.4, 0.5) is 0 Å². The first-order valence-electron chi connectivity index (χ1n) is 6.95. The van der Waals surface area contributed by atoms with Gasteiger partial charge in [0.05, 0.1) is 0 Å². The zero-order valence-electron chi connectivity index (χ0n) is 12.8. The number of carbonyl (C=O) groups excluding carboxylic acids is 1. The summed E-state index contributed by atoms with van der Waals surface area (Å²) in [4.78, 5) is 24.7. The summed E-state index contributed by atoms with van der Waals surface area (Å²) >= 11 is 20.9. The molecule has 0 spiro atoms. The Labute approximate surface area is 167 Å². The molecule has 2 aromatic carbocycles. The third-order valence-corrected chi connectivity index (χ3v) is 5.05. The number of aliphatic carboxylic acids is 1. The van der Waals surface area contributed by atoms with Crippen LogP contribution in [0.5, 0.6) is 5.75 Å². The zero-order chi connectivity index (χ0) is 18.8. The van der Waals surface area contributed by atoms with Gasteiger partial charge in [-0.25, -0.2) is 0 Å². The molecule has 1 N–H and O–H groups in total. The number of benzene rings is 2. The lowest BCUT2D eigenvalue weighted by Gasteiger charge is -2.27. The Bertz CT molecular complexity index is 810. The highest BCUT2D eigenvalue weighted by Crippen LogP contribution is 2.35. The maximum absolute atomic E-state index is 12.8. The molecule has 25 heavy (non-hydrogen) atoms. The van der Waals surface area contributed by atoms with E-state index in [4.69, 9.17) is 39.5 Å². The molecular formula is C17H12BrCl3O4. The van der Waals surface area contributed by atoms with Crippen molar-refractivity contribution in [2.24, 2.45) is 0 Å². The van der Waals surface area contributed by atoms with E-state index < -0.39 is 22.2 Å². The quantitative estimate of drug-likeness (QED) is 0.460. The van der Waals surface area contributed by atoms with Crippen LogP contribution in [0.3, 0.4) is 0 Å². The van der Waals surface area contributed by atoms with Gasteiger partial charge in [-0.05, 0) is 64.8 Å². The van der Waals surface area contributed by atoms with Crippen LogP contribution in [-0.4, -0.2) is 21.9 Å². The molecule has 0 radical (unpaired) electrons. The molecule has 0 aromatic heterocycles. The van der Waals surface area contributed by atoms with Crippen molar-refractivity contribution < 1.29 is 19.4 Å². The minimum atomic E-state index is -1.93. The fraction of sp³-hybridized carbons (Fsp3) is 0.176. The van der Waals surface area contributed by atoms with Crippen molar-refractivity contribution >= 4 is 62.5 Å². The fourth-order valence-corrected chi connectivity index (χ4v) is 3.56. The maximum atomic E-state index is 12.8. The molecule has 0 amide bonds. The van der Waals surface area contributed by atoms with Crippen LogP contribution in [0.2, 0.25) is 15.1 Å². The lowest BCUT2D eigenvalue weighted by molar-refractivity contribution is -0.149. The molecule has 0 fully saturated rings. The van der Waals surface area contributed by atoms with Crippen molar-refractivity contribution in [3.05, 3.63) is 63.1 Å². The molecule has 2 atom stereocenters. The van der Waals surface area contributed by atoms with Gasteiger partial charge in [0.1, 0.15) is 5.75 Å². The average Bonchev–Trinajstić information content (AvgIpc) is 2.55. The Morgan fingerprint density at radius 3 is 2.16 bits per heavy atom. The Morgan fingerprint density at radius 2 is 1.64 bits per heavy atom. The monoisotopic (exact) mass is 464 g/mol. The molecule has 2 rings (SSSR count). The highest BCUT2D eigenvalue weighted by Gasteiger charge is 2.47. The first-order valence-corrected chi connectivity index (χ1v) is 9.00. The molecule has 0 saturated carbocycles. The molecule has 0 saturated heterocycles. The first kappa shape index (κ1) is 20.0. The fourth-order valence-electron chi connectivity index (χ4n) is 2.16. The van der Waals surface area contributed by atoms with E-state index >= 15 is 0 Å².